The van der Waals surface area contributed by atoms with Gasteiger partial charge in [-0.05, 0) is 26.2 Å². The number of carbonyl (C=O) groups is 9. The fourth-order valence-corrected chi connectivity index (χ4v) is 1.88. The summed E-state index contributed by atoms with van der Waals surface area (Å²) >= 11 is 3.65. The number of nitrogens with two attached hydrogens (primary N) is 10. The van der Waals surface area contributed by atoms with Gasteiger partial charge in [-0.3, -0.25) is 48.1 Å². The zero-order valence-electron chi connectivity index (χ0n) is 28.6. The molecule has 0 radical (unpaired) electrons. The Balaban J connectivity index is -0.000000127. The van der Waals surface area contributed by atoms with Crippen molar-refractivity contribution in [3.8, 4) is 0 Å². The van der Waals surface area contributed by atoms with Crippen LogP contribution in [-0.4, -0.2) is 144 Å². The summed E-state index contributed by atoms with van der Waals surface area (Å²) in [6, 6.07) is -5.80. The number of hydrogen-bond donors (Lipinski definition) is 18. The van der Waals surface area contributed by atoms with Crippen molar-refractivity contribution in [2.24, 2.45) is 62.3 Å². The molecule has 53 heavy (non-hydrogen) atoms. The molecule has 0 rings (SSSR count). The molecule has 0 heterocycles. The van der Waals surface area contributed by atoms with Crippen LogP contribution in [0.3, 0.4) is 0 Å². The molecule has 0 aliphatic heterocycles. The average molecular weight is 796 g/mol. The molecule has 2 amide bonds. The fourth-order valence-electron chi connectivity index (χ4n) is 1.72. The Morgan fingerprint density at radius 3 is 1.06 bits per heavy atom. The molecule has 0 aromatic carbocycles. The second-order valence-electron chi connectivity index (χ2n) is 9.76. The number of aliphatic imine (C=N–C) groups is 1. The molecule has 0 aliphatic rings. The molecule has 6 atom stereocenters. The summed E-state index contributed by atoms with van der Waals surface area (Å²) < 4.78 is 0. The smallest absolute Gasteiger partial charge is 0.321 e. The molecule has 27 nitrogen and oxygen atoms in total. The lowest BCUT2D eigenvalue weighted by molar-refractivity contribution is -0.144. The number of nitrogens with zero attached hydrogens (tertiary/aromatic N) is 1. The van der Waals surface area contributed by atoms with Crippen LogP contribution in [0.25, 0.3) is 0 Å². The van der Waals surface area contributed by atoms with Gasteiger partial charge in [0.1, 0.15) is 36.3 Å². The second kappa shape index (κ2) is 36.4. The van der Waals surface area contributed by atoms with Crippen LogP contribution in [0, 0.1) is 0 Å². The highest BCUT2D eigenvalue weighted by atomic mass is 32.1. The van der Waals surface area contributed by atoms with E-state index in [1.54, 1.807) is 0 Å². The van der Waals surface area contributed by atoms with Crippen LogP contribution in [0.4, 0.5) is 0 Å². The zero-order chi connectivity index (χ0) is 43.6. The number of thiol groups is 1. The maximum atomic E-state index is 10.2. The largest absolute Gasteiger partial charge is 0.481 e. The van der Waals surface area contributed by atoms with E-state index in [4.69, 9.17) is 87.3 Å². The van der Waals surface area contributed by atoms with Crippen molar-refractivity contribution >= 4 is 72.2 Å². The molecule has 0 aromatic rings. The standard InChI is InChI=1S/C6H14N4O2.C5H10N2O3.C4H8N2O3.C4H7NO4.C3H7NO2S.C3H7NO2/c7-4(5(11)12)2-1-3-10-6(8)9;6-3(5(9)10)1-2-4(7)8;2*5-2(4(8)9)1-3(6)7;4-2(1-7)3(5)6;1-2(4)3(5)6/h4H,1-3,7H2,(H,11,12)(H4,8,9,10);3H,1-2,6H2,(H2,7,8)(H,9,10);2H,1,5H2,(H2,6,7)(H,8,9);2H,1,5H2,(H,6,7)(H,8,9);2,7H,1,4H2,(H,5,6);2H,4H2,1H3,(H,5,6)/t4-;3-;4*2-/m000000/s1. The van der Waals surface area contributed by atoms with Crippen LogP contribution in [0.2, 0.25) is 0 Å². The summed E-state index contributed by atoms with van der Waals surface area (Å²) in [6.45, 7) is 1.84. The summed E-state index contributed by atoms with van der Waals surface area (Å²) in [5.41, 5.74) is 49.3. The highest BCUT2D eigenvalue weighted by Crippen LogP contribution is 1.94. The van der Waals surface area contributed by atoms with E-state index in [0.717, 1.165) is 0 Å². The number of aliphatic carboxylic acids is 7. The van der Waals surface area contributed by atoms with E-state index in [0.29, 0.717) is 19.4 Å². The molecule has 0 fully saturated rings. The SMILES string of the molecule is C[C@H](N)C(=O)O.NC(=O)CC[C@H](N)C(=O)O.NC(=O)C[C@H](N)C(=O)O.NC(N)=NCCC[C@H](N)C(=O)O.N[C@@H](CC(=O)O)C(=O)O.N[C@@H](CS)C(=O)O. The first-order chi connectivity index (χ1) is 24.0. The molecule has 0 bridgehead atoms. The molecule has 310 valence electrons. The van der Waals surface area contributed by atoms with Crippen LogP contribution in [-0.2, 0) is 43.2 Å². The predicted octanol–water partition coefficient (Wildman–Crippen LogP) is -6.99. The molecule has 0 saturated heterocycles. The Morgan fingerprint density at radius 1 is 0.528 bits per heavy atom. The predicted molar refractivity (Wildman–Crippen MR) is 188 cm³/mol. The van der Waals surface area contributed by atoms with E-state index in [-0.39, 0.29) is 31.0 Å². The zero-order valence-corrected chi connectivity index (χ0v) is 29.5. The highest BCUT2D eigenvalue weighted by Gasteiger charge is 2.15. The van der Waals surface area contributed by atoms with Gasteiger partial charge < -0.3 is 93.1 Å². The van der Waals surface area contributed by atoms with Crippen molar-refractivity contribution in [2.75, 3.05) is 12.3 Å². The van der Waals surface area contributed by atoms with Gasteiger partial charge in [-0.15, -0.1) is 0 Å². The first-order valence-corrected chi connectivity index (χ1v) is 15.0. The Bertz CT molecular complexity index is 1140. The first-order valence-electron chi connectivity index (χ1n) is 14.3. The van der Waals surface area contributed by atoms with E-state index in [2.05, 4.69) is 23.4 Å². The van der Waals surface area contributed by atoms with E-state index in [9.17, 15) is 43.2 Å². The fraction of sp³-hybridized carbons (Fsp3) is 0.600. The van der Waals surface area contributed by atoms with Gasteiger partial charge >= 0.3 is 41.8 Å². The van der Waals surface area contributed by atoms with Gasteiger partial charge in [0.2, 0.25) is 11.8 Å². The molecule has 27 N–H and O–H groups in total. The summed E-state index contributed by atoms with van der Waals surface area (Å²) in [4.78, 5) is 92.9. The van der Waals surface area contributed by atoms with Gasteiger partial charge in [-0.2, -0.15) is 12.6 Å². The van der Waals surface area contributed by atoms with Gasteiger partial charge in [0.25, 0.3) is 0 Å². The van der Waals surface area contributed by atoms with Crippen LogP contribution < -0.4 is 57.3 Å². The van der Waals surface area contributed by atoms with E-state index in [1.807, 2.05) is 0 Å². The maximum absolute atomic E-state index is 10.2. The lowest BCUT2D eigenvalue weighted by atomic mass is 10.2. The van der Waals surface area contributed by atoms with Crippen LogP contribution in [0.15, 0.2) is 4.99 Å². The number of carboxylic acids is 7. The van der Waals surface area contributed by atoms with Gasteiger partial charge in [-0.1, -0.05) is 0 Å². The quantitative estimate of drug-likeness (QED) is 0.0265. The number of primary amides is 2. The Hall–Kier alpha value is -5.39. The minimum Gasteiger partial charge on any atom is -0.481 e. The number of hydrogen-bond acceptors (Lipinski definition) is 17. The Kier molecular flexibility index (Phi) is 41.0. The first kappa shape index (κ1) is 59.7. The van der Waals surface area contributed by atoms with Gasteiger partial charge in [0, 0.05) is 18.7 Å². The molecule has 0 aliphatic carbocycles. The van der Waals surface area contributed by atoms with Crippen molar-refractivity contribution in [1.82, 2.24) is 0 Å². The molecule has 0 unspecified atom stereocenters. The van der Waals surface area contributed by atoms with Crippen LogP contribution in [0.5, 0.6) is 0 Å². The lowest BCUT2D eigenvalue weighted by Crippen LogP contribution is -2.34. The number of amides is 2. The number of carboxylic acid groups (broad SMARTS) is 7. The van der Waals surface area contributed by atoms with Crippen molar-refractivity contribution < 1.29 is 78.9 Å². The van der Waals surface area contributed by atoms with E-state index >= 15 is 0 Å². The third kappa shape index (κ3) is 56.2. The van der Waals surface area contributed by atoms with Crippen LogP contribution in [0.1, 0.15) is 45.4 Å². The maximum Gasteiger partial charge on any atom is 0.321 e. The average Bonchev–Trinajstić information content (AvgIpc) is 3.01. The van der Waals surface area contributed by atoms with Crippen molar-refractivity contribution in [3.63, 3.8) is 0 Å². The second-order valence-corrected chi connectivity index (χ2v) is 10.1. The molecule has 0 spiro atoms. The minimum absolute atomic E-state index is 0.0129. The van der Waals surface area contributed by atoms with Crippen molar-refractivity contribution in [2.45, 2.75) is 81.7 Å². The van der Waals surface area contributed by atoms with E-state index < -0.39 is 96.3 Å². The highest BCUT2D eigenvalue weighted by molar-refractivity contribution is 7.80. The van der Waals surface area contributed by atoms with Gasteiger partial charge in [0.05, 0.1) is 12.8 Å². The molecule has 0 saturated carbocycles. The molecule has 28 heteroatoms. The van der Waals surface area contributed by atoms with E-state index in [1.165, 1.54) is 6.92 Å². The lowest BCUT2D eigenvalue weighted by Gasteiger charge is -2.03. The molecular formula is C25H53N11O16S. The van der Waals surface area contributed by atoms with Crippen molar-refractivity contribution in [3.05, 3.63) is 0 Å². The third-order valence-electron chi connectivity index (χ3n) is 4.66. The summed E-state index contributed by atoms with van der Waals surface area (Å²) in [7, 11) is 0. The van der Waals surface area contributed by atoms with Gasteiger partial charge in [0.15, 0.2) is 5.96 Å². The Labute approximate surface area is 307 Å². The third-order valence-corrected chi connectivity index (χ3v) is 5.05. The molecular weight excluding hydrogens is 742 g/mol. The number of guanidine groups is 1. The van der Waals surface area contributed by atoms with Gasteiger partial charge in [-0.25, -0.2) is 0 Å². The summed E-state index contributed by atoms with van der Waals surface area (Å²) in [6.07, 6.45) is 0.236. The number of carbonyl (C=O) groups excluding carboxylic acids is 2. The van der Waals surface area contributed by atoms with Crippen molar-refractivity contribution in [1.29, 1.82) is 0 Å². The normalized spacial score (nSPS) is 12.7. The Morgan fingerprint density at radius 2 is 0.868 bits per heavy atom. The topological polar surface area (TPSA) is 568 Å². The summed E-state index contributed by atoms with van der Waals surface area (Å²) in [5.74, 6) is -8.82. The summed E-state index contributed by atoms with van der Waals surface area (Å²) in [5, 5.41) is 56.6. The molecule has 0 aromatic heterocycles. The monoisotopic (exact) mass is 795 g/mol. The number of rotatable bonds is 18. The van der Waals surface area contributed by atoms with Crippen LogP contribution >= 0.6 is 12.6 Å². The minimum atomic E-state index is -1.29.